The monoisotopic (exact) mass is 286 g/mol. The van der Waals surface area contributed by atoms with E-state index in [1.807, 2.05) is 24.3 Å². The van der Waals surface area contributed by atoms with Gasteiger partial charge in [0.25, 0.3) is 0 Å². The second-order valence-electron chi connectivity index (χ2n) is 5.67. The van der Waals surface area contributed by atoms with Crippen LogP contribution in [0.3, 0.4) is 0 Å². The minimum atomic E-state index is 0.161. The number of nitrogens with zero attached hydrogens (tertiary/aromatic N) is 3. The Morgan fingerprint density at radius 2 is 1.95 bits per heavy atom. The van der Waals surface area contributed by atoms with Crippen LogP contribution in [0.25, 0.3) is 0 Å². The van der Waals surface area contributed by atoms with Gasteiger partial charge in [0.1, 0.15) is 0 Å². The SMILES string of the molecule is CN(C)C(=O)CN1CCC(Nc2ccc(C#N)cc2)CC1. The third kappa shape index (κ3) is 4.47. The molecule has 0 atom stereocenters. The molecular weight excluding hydrogens is 264 g/mol. The Balaban J connectivity index is 1.78. The Kier molecular flexibility index (Phi) is 5.18. The van der Waals surface area contributed by atoms with E-state index in [0.717, 1.165) is 31.6 Å². The quantitative estimate of drug-likeness (QED) is 0.912. The molecule has 1 amide bonds. The lowest BCUT2D eigenvalue weighted by Crippen LogP contribution is -2.43. The Hall–Kier alpha value is -2.06. The number of carbonyl (C=O) groups is 1. The summed E-state index contributed by atoms with van der Waals surface area (Å²) in [6.07, 6.45) is 2.06. The molecule has 1 saturated heterocycles. The maximum Gasteiger partial charge on any atom is 0.236 e. The molecule has 1 aliphatic heterocycles. The number of likely N-dealkylation sites (tertiary alicyclic amines) is 1. The van der Waals surface area contributed by atoms with E-state index >= 15 is 0 Å². The number of benzene rings is 1. The van der Waals surface area contributed by atoms with Crippen molar-refractivity contribution in [1.82, 2.24) is 9.80 Å². The molecule has 0 radical (unpaired) electrons. The molecule has 0 bridgehead atoms. The van der Waals surface area contributed by atoms with Crippen molar-refractivity contribution in [2.24, 2.45) is 0 Å². The Morgan fingerprint density at radius 3 is 2.48 bits per heavy atom. The molecule has 1 aromatic carbocycles. The van der Waals surface area contributed by atoms with E-state index in [-0.39, 0.29) is 5.91 Å². The van der Waals surface area contributed by atoms with Gasteiger partial charge in [-0.1, -0.05) is 0 Å². The molecule has 0 saturated carbocycles. The highest BCUT2D eigenvalue weighted by molar-refractivity contribution is 5.77. The van der Waals surface area contributed by atoms with Crippen molar-refractivity contribution in [1.29, 1.82) is 5.26 Å². The van der Waals surface area contributed by atoms with E-state index in [9.17, 15) is 4.79 Å². The second kappa shape index (κ2) is 7.09. The summed E-state index contributed by atoms with van der Waals surface area (Å²) in [6.45, 7) is 2.39. The van der Waals surface area contributed by atoms with Crippen molar-refractivity contribution in [3.8, 4) is 6.07 Å². The van der Waals surface area contributed by atoms with Gasteiger partial charge in [-0.05, 0) is 37.1 Å². The zero-order valence-electron chi connectivity index (χ0n) is 12.7. The molecule has 21 heavy (non-hydrogen) atoms. The summed E-state index contributed by atoms with van der Waals surface area (Å²) in [5, 5.41) is 12.3. The van der Waals surface area contributed by atoms with E-state index in [1.165, 1.54) is 0 Å². The van der Waals surface area contributed by atoms with E-state index in [4.69, 9.17) is 5.26 Å². The van der Waals surface area contributed by atoms with Crippen molar-refractivity contribution >= 4 is 11.6 Å². The van der Waals surface area contributed by atoms with Crippen molar-refractivity contribution in [3.63, 3.8) is 0 Å². The van der Waals surface area contributed by atoms with E-state index in [2.05, 4.69) is 16.3 Å². The standard InChI is InChI=1S/C16H22N4O/c1-19(2)16(21)12-20-9-7-15(8-10-20)18-14-5-3-13(11-17)4-6-14/h3-6,15,18H,7-10,12H2,1-2H3. The smallest absolute Gasteiger partial charge is 0.236 e. The molecule has 0 unspecified atom stereocenters. The topological polar surface area (TPSA) is 59.4 Å². The third-order valence-electron chi connectivity index (χ3n) is 3.83. The average molecular weight is 286 g/mol. The first-order chi connectivity index (χ1) is 10.1. The molecular formula is C16H22N4O. The average Bonchev–Trinajstić information content (AvgIpc) is 2.50. The number of carbonyl (C=O) groups excluding carboxylic acids is 1. The minimum absolute atomic E-state index is 0.161. The van der Waals surface area contributed by atoms with Gasteiger partial charge in [0.15, 0.2) is 0 Å². The van der Waals surface area contributed by atoms with Crippen molar-refractivity contribution in [3.05, 3.63) is 29.8 Å². The number of rotatable bonds is 4. The van der Waals surface area contributed by atoms with Crippen LogP contribution in [0, 0.1) is 11.3 Å². The zero-order valence-corrected chi connectivity index (χ0v) is 12.7. The van der Waals surface area contributed by atoms with Crippen LogP contribution >= 0.6 is 0 Å². The van der Waals surface area contributed by atoms with Crippen LogP contribution in [0.4, 0.5) is 5.69 Å². The number of nitrogens with one attached hydrogen (secondary N) is 1. The summed E-state index contributed by atoms with van der Waals surface area (Å²) in [5.41, 5.74) is 1.73. The third-order valence-corrected chi connectivity index (χ3v) is 3.83. The first-order valence-corrected chi connectivity index (χ1v) is 7.27. The molecule has 1 aromatic rings. The normalized spacial score (nSPS) is 16.2. The number of nitriles is 1. The molecule has 1 heterocycles. The predicted molar refractivity (Wildman–Crippen MR) is 82.9 cm³/mol. The van der Waals surface area contributed by atoms with Gasteiger partial charge >= 0.3 is 0 Å². The summed E-state index contributed by atoms with van der Waals surface area (Å²) in [6, 6.07) is 10.1. The van der Waals surface area contributed by atoms with Gasteiger partial charge in [0.05, 0.1) is 18.2 Å². The summed E-state index contributed by atoms with van der Waals surface area (Å²) < 4.78 is 0. The molecule has 2 rings (SSSR count). The molecule has 5 nitrogen and oxygen atoms in total. The lowest BCUT2D eigenvalue weighted by Gasteiger charge is -2.32. The van der Waals surface area contributed by atoms with Crippen LogP contribution in [-0.2, 0) is 4.79 Å². The van der Waals surface area contributed by atoms with Gasteiger partial charge in [0, 0.05) is 38.9 Å². The molecule has 0 aromatic heterocycles. The Bertz CT molecular complexity index is 510. The Morgan fingerprint density at radius 1 is 1.33 bits per heavy atom. The molecule has 1 aliphatic rings. The first kappa shape index (κ1) is 15.3. The fourth-order valence-electron chi connectivity index (χ4n) is 2.44. The summed E-state index contributed by atoms with van der Waals surface area (Å²) in [4.78, 5) is 15.5. The van der Waals surface area contributed by atoms with Crippen LogP contribution < -0.4 is 5.32 Å². The number of likely N-dealkylation sites (N-methyl/N-ethyl adjacent to an activating group) is 1. The lowest BCUT2D eigenvalue weighted by atomic mass is 10.0. The van der Waals surface area contributed by atoms with E-state index < -0.39 is 0 Å². The highest BCUT2D eigenvalue weighted by Gasteiger charge is 2.21. The van der Waals surface area contributed by atoms with Crippen LogP contribution in [0.2, 0.25) is 0 Å². The van der Waals surface area contributed by atoms with Crippen molar-refractivity contribution < 1.29 is 4.79 Å². The number of anilines is 1. The number of hydrogen-bond acceptors (Lipinski definition) is 4. The number of amides is 1. The van der Waals surface area contributed by atoms with Gasteiger partial charge in [-0.15, -0.1) is 0 Å². The highest BCUT2D eigenvalue weighted by Crippen LogP contribution is 2.17. The predicted octanol–water partition coefficient (Wildman–Crippen LogP) is 1.52. The largest absolute Gasteiger partial charge is 0.382 e. The van der Waals surface area contributed by atoms with E-state index in [1.54, 1.807) is 19.0 Å². The van der Waals surface area contributed by atoms with Gasteiger partial charge in [0.2, 0.25) is 5.91 Å². The lowest BCUT2D eigenvalue weighted by molar-refractivity contribution is -0.130. The maximum atomic E-state index is 11.7. The first-order valence-electron chi connectivity index (χ1n) is 7.27. The van der Waals surface area contributed by atoms with Gasteiger partial charge in [-0.25, -0.2) is 0 Å². The van der Waals surface area contributed by atoms with Gasteiger partial charge in [-0.2, -0.15) is 5.26 Å². The minimum Gasteiger partial charge on any atom is -0.382 e. The summed E-state index contributed by atoms with van der Waals surface area (Å²) >= 11 is 0. The van der Waals surface area contributed by atoms with Crippen LogP contribution in [0.1, 0.15) is 18.4 Å². The fraction of sp³-hybridized carbons (Fsp3) is 0.500. The zero-order chi connectivity index (χ0) is 15.2. The molecule has 0 spiro atoms. The van der Waals surface area contributed by atoms with Gasteiger partial charge < -0.3 is 10.2 Å². The molecule has 112 valence electrons. The number of hydrogen-bond donors (Lipinski definition) is 1. The Labute approximate surface area is 126 Å². The maximum absolute atomic E-state index is 11.7. The summed E-state index contributed by atoms with van der Waals surface area (Å²) in [5.74, 6) is 0.161. The van der Waals surface area contributed by atoms with Crippen LogP contribution in [0.15, 0.2) is 24.3 Å². The van der Waals surface area contributed by atoms with Crippen LogP contribution in [-0.4, -0.2) is 55.5 Å². The van der Waals surface area contributed by atoms with Crippen LogP contribution in [0.5, 0.6) is 0 Å². The number of piperidine rings is 1. The molecule has 5 heteroatoms. The molecule has 1 fully saturated rings. The van der Waals surface area contributed by atoms with Crippen molar-refractivity contribution in [2.45, 2.75) is 18.9 Å². The van der Waals surface area contributed by atoms with Crippen molar-refractivity contribution in [2.75, 3.05) is 39.0 Å². The van der Waals surface area contributed by atoms with E-state index in [0.29, 0.717) is 18.2 Å². The summed E-state index contributed by atoms with van der Waals surface area (Å²) in [7, 11) is 3.59. The van der Waals surface area contributed by atoms with Gasteiger partial charge in [-0.3, -0.25) is 9.69 Å². The fourth-order valence-corrected chi connectivity index (χ4v) is 2.44. The molecule has 1 N–H and O–H groups in total. The second-order valence-corrected chi connectivity index (χ2v) is 5.67. The highest BCUT2D eigenvalue weighted by atomic mass is 16.2. The molecule has 0 aliphatic carbocycles.